The fraction of sp³-hybridized carbons (Fsp3) is 0.923. The standard InChI is InChI=1S/C13H22O2/c1-11-2-5-13(6-3-11)8-12(9-13)4-7-15-10-14/h10-12H,2-9H2,1H3. The van der Waals surface area contributed by atoms with Gasteiger partial charge in [-0.15, -0.1) is 0 Å². The van der Waals surface area contributed by atoms with E-state index in [2.05, 4.69) is 6.92 Å². The van der Waals surface area contributed by atoms with Gasteiger partial charge in [0.2, 0.25) is 0 Å². The summed E-state index contributed by atoms with van der Waals surface area (Å²) in [7, 11) is 0. The van der Waals surface area contributed by atoms with Crippen molar-refractivity contribution in [1.82, 2.24) is 0 Å². The molecule has 0 aromatic rings. The largest absolute Gasteiger partial charge is 0.468 e. The summed E-state index contributed by atoms with van der Waals surface area (Å²) in [6, 6.07) is 0. The van der Waals surface area contributed by atoms with E-state index >= 15 is 0 Å². The van der Waals surface area contributed by atoms with Crippen LogP contribution in [0, 0.1) is 17.3 Å². The molecule has 2 rings (SSSR count). The highest BCUT2D eigenvalue weighted by Gasteiger charge is 2.44. The van der Waals surface area contributed by atoms with Gasteiger partial charge in [-0.1, -0.05) is 19.8 Å². The Morgan fingerprint density at radius 2 is 2.00 bits per heavy atom. The van der Waals surface area contributed by atoms with Crippen LogP contribution in [-0.4, -0.2) is 13.1 Å². The predicted octanol–water partition coefficient (Wildman–Crippen LogP) is 3.16. The third kappa shape index (κ3) is 2.53. The van der Waals surface area contributed by atoms with Gasteiger partial charge in [-0.25, -0.2) is 0 Å². The fourth-order valence-electron chi connectivity index (χ4n) is 3.43. The smallest absolute Gasteiger partial charge is 0.293 e. The van der Waals surface area contributed by atoms with Crippen molar-refractivity contribution in [1.29, 1.82) is 0 Å². The summed E-state index contributed by atoms with van der Waals surface area (Å²) in [5.74, 6) is 1.78. The van der Waals surface area contributed by atoms with Crippen molar-refractivity contribution in [3.05, 3.63) is 0 Å². The Hall–Kier alpha value is -0.530. The second kappa shape index (κ2) is 4.54. The number of ether oxygens (including phenoxy) is 1. The van der Waals surface area contributed by atoms with Crippen molar-refractivity contribution in [2.45, 2.75) is 51.9 Å². The molecule has 0 heterocycles. The lowest BCUT2D eigenvalue weighted by atomic mass is 9.54. The zero-order valence-electron chi connectivity index (χ0n) is 9.71. The molecule has 0 aliphatic heterocycles. The van der Waals surface area contributed by atoms with Crippen molar-refractivity contribution in [3.63, 3.8) is 0 Å². The SMILES string of the molecule is CC1CCC2(CC1)CC(CCOC=O)C2. The summed E-state index contributed by atoms with van der Waals surface area (Å²) >= 11 is 0. The summed E-state index contributed by atoms with van der Waals surface area (Å²) in [6.45, 7) is 3.57. The minimum Gasteiger partial charge on any atom is -0.468 e. The maximum Gasteiger partial charge on any atom is 0.293 e. The maximum absolute atomic E-state index is 10.0. The lowest BCUT2D eigenvalue weighted by Crippen LogP contribution is -2.40. The Morgan fingerprint density at radius 3 is 2.60 bits per heavy atom. The molecule has 2 nitrogen and oxygen atoms in total. The fourth-order valence-corrected chi connectivity index (χ4v) is 3.43. The molecule has 0 bridgehead atoms. The van der Waals surface area contributed by atoms with Crippen LogP contribution in [0.2, 0.25) is 0 Å². The Kier molecular flexibility index (Phi) is 3.32. The Bertz CT molecular complexity index is 209. The van der Waals surface area contributed by atoms with Crippen LogP contribution in [0.15, 0.2) is 0 Å². The molecule has 0 saturated heterocycles. The molecule has 0 aromatic carbocycles. The van der Waals surface area contributed by atoms with Crippen molar-refractivity contribution in [2.24, 2.45) is 17.3 Å². The highest BCUT2D eigenvalue weighted by molar-refractivity contribution is 5.36. The molecule has 2 heteroatoms. The number of hydrogen-bond acceptors (Lipinski definition) is 2. The van der Waals surface area contributed by atoms with Crippen LogP contribution in [0.5, 0.6) is 0 Å². The van der Waals surface area contributed by atoms with E-state index in [9.17, 15) is 4.79 Å². The van der Waals surface area contributed by atoms with Gasteiger partial charge in [-0.3, -0.25) is 4.79 Å². The zero-order chi connectivity index (χ0) is 10.7. The average Bonchev–Trinajstić information content (AvgIpc) is 2.19. The second-order valence-corrected chi connectivity index (χ2v) is 5.71. The number of carbonyl (C=O) groups excluding carboxylic acids is 1. The molecule has 0 radical (unpaired) electrons. The minimum atomic E-state index is 0.566. The molecule has 2 aliphatic carbocycles. The van der Waals surface area contributed by atoms with Gasteiger partial charge in [0.05, 0.1) is 6.61 Å². The first-order valence-corrected chi connectivity index (χ1v) is 6.29. The van der Waals surface area contributed by atoms with Crippen LogP contribution in [0.1, 0.15) is 51.9 Å². The van der Waals surface area contributed by atoms with E-state index in [1.165, 1.54) is 38.5 Å². The molecule has 0 atom stereocenters. The predicted molar refractivity (Wildman–Crippen MR) is 59.4 cm³/mol. The van der Waals surface area contributed by atoms with E-state index in [0.717, 1.165) is 18.3 Å². The summed E-state index contributed by atoms with van der Waals surface area (Å²) in [4.78, 5) is 10.0. The van der Waals surface area contributed by atoms with Crippen LogP contribution in [-0.2, 0) is 9.53 Å². The number of hydrogen-bond donors (Lipinski definition) is 0. The van der Waals surface area contributed by atoms with Gasteiger partial charge in [0.15, 0.2) is 0 Å². The Morgan fingerprint density at radius 1 is 1.33 bits per heavy atom. The van der Waals surface area contributed by atoms with E-state index in [1.54, 1.807) is 0 Å². The van der Waals surface area contributed by atoms with E-state index in [4.69, 9.17) is 4.74 Å². The molecular weight excluding hydrogens is 188 g/mol. The Labute approximate surface area is 92.4 Å². The molecule has 86 valence electrons. The third-order valence-electron chi connectivity index (χ3n) is 4.49. The van der Waals surface area contributed by atoms with E-state index in [0.29, 0.717) is 18.5 Å². The molecule has 2 saturated carbocycles. The molecule has 0 aromatic heterocycles. The first-order valence-electron chi connectivity index (χ1n) is 6.29. The van der Waals surface area contributed by atoms with Crippen molar-refractivity contribution in [3.8, 4) is 0 Å². The van der Waals surface area contributed by atoms with E-state index < -0.39 is 0 Å². The van der Waals surface area contributed by atoms with Crippen LogP contribution >= 0.6 is 0 Å². The molecule has 0 unspecified atom stereocenters. The zero-order valence-corrected chi connectivity index (χ0v) is 9.71. The first-order chi connectivity index (χ1) is 7.24. The summed E-state index contributed by atoms with van der Waals surface area (Å²) in [5.41, 5.74) is 0.707. The number of carbonyl (C=O) groups is 1. The monoisotopic (exact) mass is 210 g/mol. The quantitative estimate of drug-likeness (QED) is 0.526. The molecule has 2 fully saturated rings. The Balaban J connectivity index is 1.66. The van der Waals surface area contributed by atoms with Gasteiger partial charge in [0.25, 0.3) is 6.47 Å². The summed E-state index contributed by atoms with van der Waals surface area (Å²) < 4.78 is 4.75. The molecule has 0 amide bonds. The normalized spacial score (nSPS) is 39.8. The van der Waals surface area contributed by atoms with Crippen LogP contribution in [0.3, 0.4) is 0 Å². The van der Waals surface area contributed by atoms with E-state index in [1.807, 2.05) is 0 Å². The van der Waals surface area contributed by atoms with Crippen molar-refractivity contribution < 1.29 is 9.53 Å². The first kappa shape index (κ1) is 11.0. The van der Waals surface area contributed by atoms with E-state index in [-0.39, 0.29) is 0 Å². The minimum absolute atomic E-state index is 0.566. The highest BCUT2D eigenvalue weighted by Crippen LogP contribution is 2.56. The van der Waals surface area contributed by atoms with Crippen molar-refractivity contribution >= 4 is 6.47 Å². The topological polar surface area (TPSA) is 26.3 Å². The van der Waals surface area contributed by atoms with Crippen LogP contribution in [0.25, 0.3) is 0 Å². The number of rotatable bonds is 4. The molecule has 2 aliphatic rings. The lowest BCUT2D eigenvalue weighted by Gasteiger charge is -2.51. The van der Waals surface area contributed by atoms with Crippen LogP contribution < -0.4 is 0 Å². The van der Waals surface area contributed by atoms with Gasteiger partial charge in [0, 0.05) is 0 Å². The van der Waals surface area contributed by atoms with Gasteiger partial charge in [-0.05, 0) is 49.4 Å². The highest BCUT2D eigenvalue weighted by atomic mass is 16.5. The molecule has 1 spiro atoms. The van der Waals surface area contributed by atoms with Gasteiger partial charge in [-0.2, -0.15) is 0 Å². The van der Waals surface area contributed by atoms with Gasteiger partial charge >= 0.3 is 0 Å². The summed E-state index contributed by atoms with van der Waals surface area (Å²) in [6.07, 6.45) is 9.60. The average molecular weight is 210 g/mol. The third-order valence-corrected chi connectivity index (χ3v) is 4.49. The van der Waals surface area contributed by atoms with Crippen LogP contribution in [0.4, 0.5) is 0 Å². The molecule has 15 heavy (non-hydrogen) atoms. The summed E-state index contributed by atoms with van der Waals surface area (Å²) in [5, 5.41) is 0. The van der Waals surface area contributed by atoms with Crippen molar-refractivity contribution in [2.75, 3.05) is 6.61 Å². The lowest BCUT2D eigenvalue weighted by molar-refractivity contribution is -0.129. The van der Waals surface area contributed by atoms with Gasteiger partial charge < -0.3 is 4.74 Å². The van der Waals surface area contributed by atoms with Gasteiger partial charge in [0.1, 0.15) is 0 Å². The maximum atomic E-state index is 10.0. The molecular formula is C13H22O2. The second-order valence-electron chi connectivity index (χ2n) is 5.71. The molecule has 0 N–H and O–H groups in total.